The van der Waals surface area contributed by atoms with E-state index in [-0.39, 0.29) is 16.0 Å². The van der Waals surface area contributed by atoms with Crippen LogP contribution in [0, 0.1) is 0 Å². The molecule has 2 saturated carbocycles. The van der Waals surface area contributed by atoms with E-state index in [9.17, 15) is 8.42 Å². The van der Waals surface area contributed by atoms with E-state index in [1.54, 1.807) is 13.1 Å². The topological polar surface area (TPSA) is 49.4 Å². The molecule has 3 rings (SSSR count). The molecule has 2 aliphatic rings. The van der Waals surface area contributed by atoms with Gasteiger partial charge in [0.15, 0.2) is 0 Å². The first-order valence-corrected chi connectivity index (χ1v) is 9.28. The molecule has 116 valence electrons. The van der Waals surface area contributed by atoms with Crippen LogP contribution in [0.4, 0.5) is 0 Å². The zero-order chi connectivity index (χ0) is 15.2. The molecule has 0 amide bonds. The fraction of sp³-hybridized carbons (Fsp3) is 0.571. The molecule has 0 atom stereocenters. The molecule has 0 heterocycles. The number of sulfonamides is 1. The molecular weight excluding hydrogens is 331 g/mol. The fourth-order valence-corrected chi connectivity index (χ4v) is 4.49. The average Bonchev–Trinajstić information content (AvgIpc) is 3.28. The van der Waals surface area contributed by atoms with E-state index in [1.807, 2.05) is 0 Å². The van der Waals surface area contributed by atoms with E-state index < -0.39 is 10.0 Å². The van der Waals surface area contributed by atoms with Gasteiger partial charge in [-0.25, -0.2) is 8.42 Å². The van der Waals surface area contributed by atoms with Gasteiger partial charge in [0.25, 0.3) is 0 Å². The summed E-state index contributed by atoms with van der Waals surface area (Å²) in [5.41, 5.74) is 0.774. The second-order valence-electron chi connectivity index (χ2n) is 5.78. The number of hydrogen-bond donors (Lipinski definition) is 1. The summed E-state index contributed by atoms with van der Waals surface area (Å²) in [6, 6.07) is 3.77. The van der Waals surface area contributed by atoms with Crippen LogP contribution < -0.4 is 5.32 Å². The maximum atomic E-state index is 12.6. The van der Waals surface area contributed by atoms with Crippen molar-refractivity contribution in [1.82, 2.24) is 9.62 Å². The van der Waals surface area contributed by atoms with Crippen LogP contribution in [0.5, 0.6) is 0 Å². The van der Waals surface area contributed by atoms with Crippen molar-refractivity contribution < 1.29 is 8.42 Å². The van der Waals surface area contributed by atoms with Crippen LogP contribution >= 0.6 is 23.2 Å². The lowest BCUT2D eigenvalue weighted by Crippen LogP contribution is -2.29. The number of nitrogens with zero attached hydrogens (tertiary/aromatic N) is 1. The van der Waals surface area contributed by atoms with Crippen molar-refractivity contribution in [2.75, 3.05) is 7.05 Å². The van der Waals surface area contributed by atoms with Gasteiger partial charge in [-0.1, -0.05) is 23.2 Å². The van der Waals surface area contributed by atoms with Crippen molar-refractivity contribution >= 4 is 33.2 Å². The van der Waals surface area contributed by atoms with Crippen LogP contribution in [0.15, 0.2) is 17.0 Å². The molecule has 0 radical (unpaired) electrons. The van der Waals surface area contributed by atoms with Gasteiger partial charge in [-0.2, -0.15) is 4.31 Å². The Morgan fingerprint density at radius 2 is 1.86 bits per heavy atom. The highest BCUT2D eigenvalue weighted by Gasteiger charge is 2.36. The van der Waals surface area contributed by atoms with Gasteiger partial charge in [-0.3, -0.25) is 0 Å². The highest BCUT2D eigenvalue weighted by Crippen LogP contribution is 2.35. The van der Waals surface area contributed by atoms with Gasteiger partial charge in [-0.15, -0.1) is 0 Å². The summed E-state index contributed by atoms with van der Waals surface area (Å²) >= 11 is 12.3. The Balaban J connectivity index is 1.90. The largest absolute Gasteiger partial charge is 0.310 e. The molecule has 1 aromatic carbocycles. The predicted octanol–water partition coefficient (Wildman–Crippen LogP) is 3.03. The Labute approximate surface area is 135 Å². The van der Waals surface area contributed by atoms with E-state index in [2.05, 4.69) is 5.32 Å². The lowest BCUT2D eigenvalue weighted by molar-refractivity contribution is 0.464. The highest BCUT2D eigenvalue weighted by atomic mass is 35.5. The Morgan fingerprint density at radius 3 is 2.43 bits per heavy atom. The summed E-state index contributed by atoms with van der Waals surface area (Å²) in [4.78, 5) is 0.149. The van der Waals surface area contributed by atoms with Crippen LogP contribution in [0.1, 0.15) is 31.2 Å². The molecule has 2 fully saturated rings. The summed E-state index contributed by atoms with van der Waals surface area (Å²) in [5, 5.41) is 4.02. The minimum atomic E-state index is -3.55. The van der Waals surface area contributed by atoms with Crippen molar-refractivity contribution in [3.8, 4) is 0 Å². The van der Waals surface area contributed by atoms with Crippen molar-refractivity contribution in [1.29, 1.82) is 0 Å². The minimum Gasteiger partial charge on any atom is -0.310 e. The lowest BCUT2D eigenvalue weighted by atomic mass is 10.2. The van der Waals surface area contributed by atoms with E-state index in [4.69, 9.17) is 23.2 Å². The molecular formula is C14H18Cl2N2O2S. The number of benzene rings is 1. The summed E-state index contributed by atoms with van der Waals surface area (Å²) in [6.07, 6.45) is 4.16. The Morgan fingerprint density at radius 1 is 1.19 bits per heavy atom. The zero-order valence-corrected chi connectivity index (χ0v) is 14.1. The number of halogens is 2. The van der Waals surface area contributed by atoms with Crippen LogP contribution in [0.3, 0.4) is 0 Å². The smallest absolute Gasteiger partial charge is 0.244 e. The van der Waals surface area contributed by atoms with Gasteiger partial charge in [-0.05, 0) is 43.4 Å². The van der Waals surface area contributed by atoms with E-state index in [0.29, 0.717) is 17.6 Å². The molecule has 2 aliphatic carbocycles. The van der Waals surface area contributed by atoms with Gasteiger partial charge in [0, 0.05) is 30.7 Å². The van der Waals surface area contributed by atoms with Crippen molar-refractivity contribution in [3.63, 3.8) is 0 Å². The summed E-state index contributed by atoms with van der Waals surface area (Å²) in [5.74, 6) is 0. The van der Waals surface area contributed by atoms with Gasteiger partial charge in [0.2, 0.25) is 10.0 Å². The van der Waals surface area contributed by atoms with Crippen LogP contribution in [0.2, 0.25) is 10.0 Å². The van der Waals surface area contributed by atoms with Crippen molar-refractivity contribution in [3.05, 3.63) is 27.7 Å². The molecule has 7 heteroatoms. The highest BCUT2D eigenvalue weighted by molar-refractivity contribution is 7.89. The molecule has 0 aliphatic heterocycles. The van der Waals surface area contributed by atoms with Gasteiger partial charge in [0.05, 0.1) is 5.02 Å². The normalized spacial score (nSPS) is 19.2. The van der Waals surface area contributed by atoms with E-state index in [0.717, 1.165) is 18.4 Å². The summed E-state index contributed by atoms with van der Waals surface area (Å²) in [6.45, 7) is 0.566. The minimum absolute atomic E-state index is 0.106. The molecule has 0 unspecified atom stereocenters. The average molecular weight is 349 g/mol. The zero-order valence-electron chi connectivity index (χ0n) is 11.8. The second kappa shape index (κ2) is 5.70. The van der Waals surface area contributed by atoms with Gasteiger partial charge < -0.3 is 5.32 Å². The molecule has 0 spiro atoms. The van der Waals surface area contributed by atoms with Crippen LogP contribution in [-0.4, -0.2) is 31.9 Å². The predicted molar refractivity (Wildman–Crippen MR) is 84.3 cm³/mol. The second-order valence-corrected chi connectivity index (χ2v) is 8.56. The molecule has 4 nitrogen and oxygen atoms in total. The van der Waals surface area contributed by atoms with Crippen LogP contribution in [-0.2, 0) is 16.6 Å². The summed E-state index contributed by atoms with van der Waals surface area (Å²) < 4.78 is 26.7. The molecule has 0 bridgehead atoms. The van der Waals surface area contributed by atoms with E-state index >= 15 is 0 Å². The third-order valence-electron chi connectivity index (χ3n) is 3.98. The maximum absolute atomic E-state index is 12.6. The molecule has 0 saturated heterocycles. The van der Waals surface area contributed by atoms with Gasteiger partial charge >= 0.3 is 0 Å². The van der Waals surface area contributed by atoms with E-state index in [1.165, 1.54) is 23.2 Å². The number of hydrogen-bond acceptors (Lipinski definition) is 3. The molecule has 1 N–H and O–H groups in total. The molecule has 1 aromatic rings. The monoisotopic (exact) mass is 348 g/mol. The first-order valence-electron chi connectivity index (χ1n) is 7.09. The Kier molecular flexibility index (Phi) is 4.23. The van der Waals surface area contributed by atoms with Crippen LogP contribution in [0.25, 0.3) is 0 Å². The quantitative estimate of drug-likeness (QED) is 0.859. The van der Waals surface area contributed by atoms with Gasteiger partial charge in [0.1, 0.15) is 4.90 Å². The standard InChI is InChI=1S/C14H18Cl2N2O2S/c1-18(11-4-5-11)21(19,20)14-6-9(8-17-10-2-3-10)12(15)7-13(14)16/h6-7,10-11,17H,2-5,8H2,1H3. The lowest BCUT2D eigenvalue weighted by Gasteiger charge is -2.18. The first-order chi connectivity index (χ1) is 9.89. The number of rotatable bonds is 6. The first kappa shape index (κ1) is 15.6. The Bertz CT molecular complexity index is 655. The third-order valence-corrected chi connectivity index (χ3v) is 6.70. The third kappa shape index (κ3) is 3.37. The summed E-state index contributed by atoms with van der Waals surface area (Å²) in [7, 11) is -1.94. The molecule has 0 aromatic heterocycles. The van der Waals surface area contributed by atoms with Crippen molar-refractivity contribution in [2.45, 2.75) is 49.2 Å². The Hall–Kier alpha value is -0.330. The maximum Gasteiger partial charge on any atom is 0.244 e. The van der Waals surface area contributed by atoms with Crippen molar-refractivity contribution in [2.24, 2.45) is 0 Å². The molecule has 21 heavy (non-hydrogen) atoms. The number of nitrogens with one attached hydrogen (secondary N) is 1. The fourth-order valence-electron chi connectivity index (χ4n) is 2.24. The SMILES string of the molecule is CN(C1CC1)S(=O)(=O)c1cc(CNC2CC2)c(Cl)cc1Cl.